The number of thiophene rings is 1. The summed E-state index contributed by atoms with van der Waals surface area (Å²) in [7, 11) is 0. The molecule has 0 spiro atoms. The minimum absolute atomic E-state index is 0.0495. The first kappa shape index (κ1) is 15.3. The van der Waals surface area contributed by atoms with Gasteiger partial charge in [0, 0.05) is 10.6 Å². The highest BCUT2D eigenvalue weighted by molar-refractivity contribution is 7.17. The summed E-state index contributed by atoms with van der Waals surface area (Å²) in [6.45, 7) is 3.90. The van der Waals surface area contributed by atoms with Gasteiger partial charge < -0.3 is 5.32 Å². The minimum Gasteiger partial charge on any atom is -0.321 e. The van der Waals surface area contributed by atoms with E-state index < -0.39 is 5.91 Å². The Hall–Kier alpha value is -2.09. The lowest BCUT2D eigenvalue weighted by atomic mass is 10.1. The van der Waals surface area contributed by atoms with Gasteiger partial charge in [0.1, 0.15) is 11.6 Å². The first-order chi connectivity index (χ1) is 9.99. The number of rotatable bonds is 3. The number of carbonyl (C=O) groups is 1. The smallest absolute Gasteiger partial charge is 0.266 e. The molecule has 0 unspecified atom stereocenters. The van der Waals surface area contributed by atoms with Crippen molar-refractivity contribution in [1.82, 2.24) is 0 Å². The van der Waals surface area contributed by atoms with E-state index in [1.54, 1.807) is 12.1 Å². The van der Waals surface area contributed by atoms with Crippen molar-refractivity contribution < 1.29 is 4.79 Å². The fourth-order valence-corrected chi connectivity index (χ4v) is 2.84. The van der Waals surface area contributed by atoms with E-state index in [4.69, 9.17) is 16.9 Å². The van der Waals surface area contributed by atoms with Crippen molar-refractivity contribution in [1.29, 1.82) is 5.26 Å². The number of hydrogen-bond acceptors (Lipinski definition) is 3. The molecule has 0 aliphatic rings. The zero-order valence-electron chi connectivity index (χ0n) is 11.6. The average Bonchev–Trinajstić information content (AvgIpc) is 2.84. The molecule has 1 aromatic heterocycles. The zero-order chi connectivity index (χ0) is 15.4. The number of anilines is 1. The van der Waals surface area contributed by atoms with Gasteiger partial charge in [-0.05, 0) is 43.7 Å². The monoisotopic (exact) mass is 316 g/mol. The molecule has 2 aromatic rings. The zero-order valence-corrected chi connectivity index (χ0v) is 13.2. The number of hydrogen-bond donors (Lipinski definition) is 1. The summed E-state index contributed by atoms with van der Waals surface area (Å²) >= 11 is 7.16. The van der Waals surface area contributed by atoms with Crippen LogP contribution in [0.1, 0.15) is 16.0 Å². The van der Waals surface area contributed by atoms with E-state index in [-0.39, 0.29) is 5.57 Å². The van der Waals surface area contributed by atoms with E-state index in [2.05, 4.69) is 5.32 Å². The Morgan fingerprint density at radius 2 is 2.10 bits per heavy atom. The number of carbonyl (C=O) groups excluding carboxylic acids is 1. The molecular weight excluding hydrogens is 304 g/mol. The molecule has 3 nitrogen and oxygen atoms in total. The van der Waals surface area contributed by atoms with Crippen molar-refractivity contribution in [2.45, 2.75) is 13.8 Å². The van der Waals surface area contributed by atoms with E-state index in [9.17, 15) is 4.79 Å². The predicted octanol–water partition coefficient (Wildman–Crippen LogP) is 4.56. The molecule has 0 fully saturated rings. The van der Waals surface area contributed by atoms with E-state index in [1.165, 1.54) is 17.4 Å². The maximum Gasteiger partial charge on any atom is 0.266 e. The molecule has 0 saturated carbocycles. The van der Waals surface area contributed by atoms with Crippen molar-refractivity contribution in [3.05, 3.63) is 56.2 Å². The van der Waals surface area contributed by atoms with Crippen molar-refractivity contribution in [3.8, 4) is 6.07 Å². The van der Waals surface area contributed by atoms with Crippen LogP contribution in [0.25, 0.3) is 6.08 Å². The third-order valence-corrected chi connectivity index (χ3v) is 4.05. The summed E-state index contributed by atoms with van der Waals surface area (Å²) < 4.78 is 0.619. The van der Waals surface area contributed by atoms with E-state index in [0.29, 0.717) is 10.0 Å². The Bertz CT molecular complexity index is 756. The highest BCUT2D eigenvalue weighted by Gasteiger charge is 2.11. The lowest BCUT2D eigenvalue weighted by molar-refractivity contribution is -0.112. The molecular formula is C16H13ClN2OS. The summed E-state index contributed by atoms with van der Waals surface area (Å²) in [4.78, 5) is 12.9. The standard InChI is InChI=1S/C16H13ClN2OS/c1-10-3-5-14(11(2)7-10)19-16(20)12(9-18)8-13-4-6-15(17)21-13/h3-8H,1-2H3,(H,19,20)/b12-8+. The molecule has 106 valence electrons. The molecule has 5 heteroatoms. The van der Waals surface area contributed by atoms with Crippen molar-refractivity contribution >= 4 is 40.6 Å². The van der Waals surface area contributed by atoms with Crippen molar-refractivity contribution in [3.63, 3.8) is 0 Å². The highest BCUT2D eigenvalue weighted by atomic mass is 35.5. The van der Waals surface area contributed by atoms with Gasteiger partial charge in [-0.1, -0.05) is 29.3 Å². The lowest BCUT2D eigenvalue weighted by Crippen LogP contribution is -2.14. The second-order valence-electron chi connectivity index (χ2n) is 4.58. The number of aryl methyl sites for hydroxylation is 2. The number of nitrogens with one attached hydrogen (secondary N) is 1. The fourth-order valence-electron chi connectivity index (χ4n) is 1.84. The lowest BCUT2D eigenvalue weighted by Gasteiger charge is -2.08. The van der Waals surface area contributed by atoms with Crippen LogP contribution in [0.15, 0.2) is 35.9 Å². The number of benzene rings is 1. The molecule has 21 heavy (non-hydrogen) atoms. The summed E-state index contributed by atoms with van der Waals surface area (Å²) in [5.74, 6) is -0.422. The number of nitriles is 1. The van der Waals surface area contributed by atoms with E-state index in [1.807, 2.05) is 38.1 Å². The minimum atomic E-state index is -0.422. The van der Waals surface area contributed by atoms with Crippen LogP contribution in [0, 0.1) is 25.2 Å². The third kappa shape index (κ3) is 3.94. The second-order valence-corrected chi connectivity index (χ2v) is 6.33. The van der Waals surface area contributed by atoms with Gasteiger partial charge in [-0.2, -0.15) is 5.26 Å². The van der Waals surface area contributed by atoms with E-state index in [0.717, 1.165) is 16.0 Å². The maximum absolute atomic E-state index is 12.2. The van der Waals surface area contributed by atoms with Gasteiger partial charge in [0.25, 0.3) is 5.91 Å². The molecule has 0 radical (unpaired) electrons. The Labute approximate surface area is 132 Å². The first-order valence-corrected chi connectivity index (χ1v) is 7.45. The fraction of sp³-hybridized carbons (Fsp3) is 0.125. The van der Waals surface area contributed by atoms with Crippen LogP contribution in [0.3, 0.4) is 0 Å². The summed E-state index contributed by atoms with van der Waals surface area (Å²) in [5, 5.41) is 11.9. The van der Waals surface area contributed by atoms with Crippen LogP contribution in [0.5, 0.6) is 0 Å². The molecule has 1 aromatic carbocycles. The Morgan fingerprint density at radius 1 is 1.33 bits per heavy atom. The van der Waals surface area contributed by atoms with Crippen molar-refractivity contribution in [2.24, 2.45) is 0 Å². The molecule has 0 aliphatic heterocycles. The molecule has 0 atom stereocenters. The van der Waals surface area contributed by atoms with Crippen LogP contribution in [0.2, 0.25) is 4.34 Å². The average molecular weight is 317 g/mol. The van der Waals surface area contributed by atoms with Gasteiger partial charge in [0.05, 0.1) is 4.34 Å². The quantitative estimate of drug-likeness (QED) is 0.666. The molecule has 0 saturated heterocycles. The summed E-state index contributed by atoms with van der Waals surface area (Å²) in [5.41, 5.74) is 2.83. The topological polar surface area (TPSA) is 52.9 Å². The molecule has 2 rings (SSSR count). The molecule has 0 aliphatic carbocycles. The predicted molar refractivity (Wildman–Crippen MR) is 87.5 cm³/mol. The molecule has 0 bridgehead atoms. The summed E-state index contributed by atoms with van der Waals surface area (Å²) in [6, 6.07) is 11.2. The van der Waals surface area contributed by atoms with Gasteiger partial charge in [0.2, 0.25) is 0 Å². The van der Waals surface area contributed by atoms with Crippen LogP contribution in [-0.2, 0) is 4.79 Å². The number of halogens is 1. The number of nitrogens with zero attached hydrogens (tertiary/aromatic N) is 1. The Kier molecular flexibility index (Phi) is 4.79. The Balaban J connectivity index is 2.21. The van der Waals surface area contributed by atoms with Gasteiger partial charge in [-0.15, -0.1) is 11.3 Å². The van der Waals surface area contributed by atoms with E-state index >= 15 is 0 Å². The third-order valence-electron chi connectivity index (χ3n) is 2.88. The van der Waals surface area contributed by atoms with Crippen LogP contribution >= 0.6 is 22.9 Å². The number of amides is 1. The van der Waals surface area contributed by atoms with Crippen LogP contribution < -0.4 is 5.32 Å². The van der Waals surface area contributed by atoms with Crippen molar-refractivity contribution in [2.75, 3.05) is 5.32 Å². The Morgan fingerprint density at radius 3 is 2.67 bits per heavy atom. The normalized spacial score (nSPS) is 11.0. The largest absolute Gasteiger partial charge is 0.321 e. The summed E-state index contributed by atoms with van der Waals surface area (Å²) in [6.07, 6.45) is 1.54. The molecule has 1 amide bonds. The van der Waals surface area contributed by atoms with Gasteiger partial charge in [0.15, 0.2) is 0 Å². The van der Waals surface area contributed by atoms with Crippen LogP contribution in [-0.4, -0.2) is 5.91 Å². The molecule has 1 heterocycles. The molecule has 1 N–H and O–H groups in total. The van der Waals surface area contributed by atoms with Gasteiger partial charge >= 0.3 is 0 Å². The highest BCUT2D eigenvalue weighted by Crippen LogP contribution is 2.24. The first-order valence-electron chi connectivity index (χ1n) is 6.25. The van der Waals surface area contributed by atoms with Gasteiger partial charge in [-0.25, -0.2) is 0 Å². The second kappa shape index (κ2) is 6.57. The maximum atomic E-state index is 12.2. The van der Waals surface area contributed by atoms with Gasteiger partial charge in [-0.3, -0.25) is 4.79 Å². The SMILES string of the molecule is Cc1ccc(NC(=O)/C(C#N)=C/c2ccc(Cl)s2)c(C)c1. The van der Waals surface area contributed by atoms with Crippen LogP contribution in [0.4, 0.5) is 5.69 Å².